The summed E-state index contributed by atoms with van der Waals surface area (Å²) in [7, 11) is 0.267. The van der Waals surface area contributed by atoms with Crippen LogP contribution in [0.3, 0.4) is 0 Å². The number of hydrogen-bond acceptors (Lipinski definition) is 1. The quantitative estimate of drug-likeness (QED) is 0.377. The van der Waals surface area contributed by atoms with Gasteiger partial charge in [-0.05, 0) is 0 Å². The maximum absolute atomic E-state index is 11.3. The van der Waals surface area contributed by atoms with E-state index >= 15 is 0 Å². The molecule has 0 spiro atoms. The van der Waals surface area contributed by atoms with Gasteiger partial charge in [-0.15, -0.1) is 0 Å². The monoisotopic (exact) mass is 194 g/mol. The van der Waals surface area contributed by atoms with Crippen molar-refractivity contribution in [2.45, 2.75) is 6.43 Å². The summed E-state index contributed by atoms with van der Waals surface area (Å²) in [6, 6.07) is 0. The minimum Gasteiger partial charge on any atom is -0.757 e. The molecule has 0 aromatic heterocycles. The van der Waals surface area contributed by atoms with Crippen LogP contribution >= 0.6 is 17.9 Å². The molecule has 0 saturated heterocycles. The Labute approximate surface area is 60.2 Å². The first-order chi connectivity index (χ1) is 3.92. The van der Waals surface area contributed by atoms with Crippen molar-refractivity contribution in [2.75, 3.05) is 5.75 Å². The molecule has 0 fully saturated rings. The van der Waals surface area contributed by atoms with Crippen molar-refractivity contribution >= 4 is 28.9 Å². The highest BCUT2D eigenvalue weighted by molar-refractivity contribution is 8.61. The largest absolute Gasteiger partial charge is 0.757 e. The number of alkyl halides is 2. The molecule has 0 bridgehead atoms. The van der Waals surface area contributed by atoms with Gasteiger partial charge in [0.05, 0.1) is 0 Å². The number of thiol groups is 1. The van der Waals surface area contributed by atoms with Crippen LogP contribution in [0.4, 0.5) is 8.78 Å². The lowest BCUT2D eigenvalue weighted by Gasteiger charge is -2.01. The molecule has 56 valence electrons. The van der Waals surface area contributed by atoms with Gasteiger partial charge in [-0.2, -0.15) is 0 Å². The molecule has 1 atom stereocenters. The minimum absolute atomic E-state index is 0.267. The van der Waals surface area contributed by atoms with E-state index in [-0.39, 0.29) is 10.9 Å². The van der Waals surface area contributed by atoms with Crippen LogP contribution in [-0.2, 0) is 10.9 Å². The van der Waals surface area contributed by atoms with Gasteiger partial charge in [0.25, 0.3) is 6.43 Å². The first kappa shape index (κ1) is 9.78. The van der Waals surface area contributed by atoms with Crippen LogP contribution in [-0.4, -0.2) is 17.1 Å². The molecule has 0 amide bonds. The zero-order valence-corrected chi connectivity index (χ0v) is 6.80. The molecular weight excluding hydrogens is 189 g/mol. The Bertz CT molecular complexity index is 124. The molecular formula is C2H5F2O2PS2. The van der Waals surface area contributed by atoms with Crippen molar-refractivity contribution < 1.29 is 18.6 Å². The molecule has 0 aliphatic heterocycles. The van der Waals surface area contributed by atoms with Gasteiger partial charge >= 0.3 is 0 Å². The van der Waals surface area contributed by atoms with Gasteiger partial charge in [0, 0.05) is 0 Å². The lowest BCUT2D eigenvalue weighted by Crippen LogP contribution is -2.01. The highest BCUT2D eigenvalue weighted by Crippen LogP contribution is 2.37. The molecule has 0 saturated carbocycles. The fourth-order valence-electron chi connectivity index (χ4n) is 0.153. The van der Waals surface area contributed by atoms with Gasteiger partial charge in [0.2, 0.25) is 11.4 Å². The molecule has 9 heavy (non-hydrogen) atoms. The second-order valence-electron chi connectivity index (χ2n) is 1.18. The van der Waals surface area contributed by atoms with E-state index in [2.05, 4.69) is 12.2 Å². The highest BCUT2D eigenvalue weighted by Gasteiger charge is 2.12. The summed E-state index contributed by atoms with van der Waals surface area (Å²) in [5, 5.41) is 0. The fraction of sp³-hybridized carbons (Fsp3) is 1.00. The van der Waals surface area contributed by atoms with Crippen LogP contribution in [0, 0.1) is 0 Å². The van der Waals surface area contributed by atoms with Crippen LogP contribution in [0.25, 0.3) is 0 Å². The topological polar surface area (TPSA) is 43.3 Å². The second kappa shape index (κ2) is 3.83. The Balaban J connectivity index is 3.71. The molecule has 0 aliphatic rings. The maximum atomic E-state index is 11.3. The minimum atomic E-state index is -3.59. The van der Waals surface area contributed by atoms with E-state index in [0.29, 0.717) is 0 Å². The van der Waals surface area contributed by atoms with Crippen molar-refractivity contribution in [1.82, 2.24) is 0 Å². The molecule has 0 rings (SSSR count). The molecule has 0 aromatic rings. The first-order valence-corrected chi connectivity index (χ1v) is 6.30. The summed E-state index contributed by atoms with van der Waals surface area (Å²) in [4.78, 5) is 18.5. The van der Waals surface area contributed by atoms with Crippen LogP contribution in [0.2, 0.25) is 0 Å². The molecule has 0 aliphatic carbocycles. The van der Waals surface area contributed by atoms with Crippen molar-refractivity contribution in [3.63, 3.8) is 0 Å². The molecule has 0 heterocycles. The molecule has 0 radical (unpaired) electrons. The van der Waals surface area contributed by atoms with E-state index in [1.807, 2.05) is 0 Å². The lowest BCUT2D eigenvalue weighted by atomic mass is 10.9. The van der Waals surface area contributed by atoms with Gasteiger partial charge in [0.15, 0.2) is 10.9 Å². The third kappa shape index (κ3) is 8.78. The van der Waals surface area contributed by atoms with Crippen molar-refractivity contribution in [1.29, 1.82) is 0 Å². The van der Waals surface area contributed by atoms with E-state index < -0.39 is 17.9 Å². The molecule has 1 unspecified atom stereocenters. The summed E-state index contributed by atoms with van der Waals surface area (Å²) in [6.45, 7) is 0. The Morgan fingerprint density at radius 2 is 2.22 bits per heavy atom. The average Bonchev–Trinajstić information content (AvgIpc) is 1.59. The molecule has 1 N–H and O–H groups in total. The van der Waals surface area contributed by atoms with E-state index in [1.165, 1.54) is 0 Å². The average molecular weight is 194 g/mol. The smallest absolute Gasteiger partial charge is 0.291 e. The summed E-state index contributed by atoms with van der Waals surface area (Å²) in [6.07, 6.45) is -2.55. The molecule has 0 aromatic carbocycles. The molecule has 2 nitrogen and oxygen atoms in total. The van der Waals surface area contributed by atoms with E-state index in [0.717, 1.165) is 0 Å². The van der Waals surface area contributed by atoms with E-state index in [1.54, 1.807) is 0 Å². The Hall–Kier alpha value is 0.780. The zero-order chi connectivity index (χ0) is 7.49. The maximum Gasteiger partial charge on any atom is 0.291 e. The molecule has 7 heteroatoms. The first-order valence-electron chi connectivity index (χ1n) is 1.90. The van der Waals surface area contributed by atoms with Gasteiger partial charge in [-0.3, -0.25) is 0 Å². The Morgan fingerprint density at radius 1 is 1.78 bits per heavy atom. The van der Waals surface area contributed by atoms with E-state index in [9.17, 15) is 13.7 Å². The van der Waals surface area contributed by atoms with Gasteiger partial charge in [-0.1, -0.05) is 12.2 Å². The lowest BCUT2D eigenvalue weighted by molar-refractivity contribution is -0.170. The number of hydrogen-bond donors (Lipinski definition) is 2. The predicted molar refractivity (Wildman–Crippen MR) is 36.4 cm³/mol. The Kier molecular flexibility index (Phi) is 4.16. The zero-order valence-electron chi connectivity index (χ0n) is 4.20. The van der Waals surface area contributed by atoms with Crippen LogP contribution < -0.4 is 4.89 Å². The van der Waals surface area contributed by atoms with Gasteiger partial charge in [0.1, 0.15) is 0 Å². The second-order valence-corrected chi connectivity index (χ2v) is 7.45. The standard InChI is InChI=1S/C2H5F2O2PS2/c3-2(4)1-9-7(5,6)8/h2H,1H2,(H2-,5,6,8). The summed E-state index contributed by atoms with van der Waals surface area (Å²) in [5.41, 5.74) is -3.59. The van der Waals surface area contributed by atoms with Crippen molar-refractivity contribution in [3.8, 4) is 0 Å². The van der Waals surface area contributed by atoms with Gasteiger partial charge in [-0.25, -0.2) is 8.78 Å². The van der Waals surface area contributed by atoms with Crippen LogP contribution in [0.1, 0.15) is 0 Å². The summed E-state index contributed by atoms with van der Waals surface area (Å²) in [5.74, 6) is -0.642. The van der Waals surface area contributed by atoms with Crippen molar-refractivity contribution in [3.05, 3.63) is 0 Å². The fourth-order valence-corrected chi connectivity index (χ4v) is 1.98. The van der Waals surface area contributed by atoms with Gasteiger partial charge < -0.3 is 9.79 Å². The van der Waals surface area contributed by atoms with Crippen LogP contribution in [0.5, 0.6) is 0 Å². The number of halogens is 2. The highest BCUT2D eigenvalue weighted by atomic mass is 32.9. The van der Waals surface area contributed by atoms with E-state index in [4.69, 9.17) is 4.89 Å². The predicted octanol–water partition coefficient (Wildman–Crippen LogP) is 0.294. The SMILES string of the molecule is [O-]P(O)(S)=[S+]CC(F)F. The third-order valence-corrected chi connectivity index (χ3v) is 3.60. The summed E-state index contributed by atoms with van der Waals surface area (Å²) >= 11 is 3.17. The van der Waals surface area contributed by atoms with Crippen molar-refractivity contribution in [2.24, 2.45) is 0 Å². The third-order valence-electron chi connectivity index (χ3n) is 0.369. The Morgan fingerprint density at radius 3 is 2.33 bits per heavy atom. The normalized spacial score (nSPS) is 17.6. The van der Waals surface area contributed by atoms with Crippen LogP contribution in [0.15, 0.2) is 0 Å². The number of rotatable bonds is 2. The summed E-state index contributed by atoms with van der Waals surface area (Å²) < 4.78 is 22.6.